The first-order valence-corrected chi connectivity index (χ1v) is 7.32. The minimum absolute atomic E-state index is 0.258. The molecule has 2 bridgehead atoms. The van der Waals surface area contributed by atoms with Crippen molar-refractivity contribution in [1.82, 2.24) is 4.90 Å². The van der Waals surface area contributed by atoms with Gasteiger partial charge in [0.25, 0.3) is 0 Å². The first kappa shape index (κ1) is 15.4. The average Bonchev–Trinajstić information content (AvgIpc) is 2.97. The number of hydrogen-bond donors (Lipinski definition) is 0. The van der Waals surface area contributed by atoms with E-state index in [0.29, 0.717) is 18.0 Å². The zero-order valence-electron chi connectivity index (χ0n) is 12.3. The van der Waals surface area contributed by atoms with Crippen molar-refractivity contribution in [3.05, 3.63) is 34.9 Å². The van der Waals surface area contributed by atoms with Crippen LogP contribution < -0.4 is 0 Å². The molecule has 112 valence electrons. The van der Waals surface area contributed by atoms with E-state index in [1.165, 1.54) is 6.08 Å². The molecule has 1 aliphatic carbocycles. The van der Waals surface area contributed by atoms with Crippen molar-refractivity contribution in [1.29, 1.82) is 0 Å². The Labute approximate surface area is 118 Å². The summed E-state index contributed by atoms with van der Waals surface area (Å²) in [5.41, 5.74) is 0.825. The van der Waals surface area contributed by atoms with Crippen molar-refractivity contribution in [2.24, 2.45) is 5.92 Å². The number of nitrogens with zero attached hydrogens (tertiary/aromatic N) is 1. The molecule has 0 radical (unpaired) electrons. The predicted molar refractivity (Wildman–Crippen MR) is 75.4 cm³/mol. The van der Waals surface area contributed by atoms with Gasteiger partial charge in [-0.25, -0.2) is 0 Å². The molecule has 0 spiro atoms. The SMILES string of the molecule is C/C=C(C1=CC2CC1CN2CC)\C(=C/CC)C(F)(F)F. The van der Waals surface area contributed by atoms with Gasteiger partial charge in [-0.15, -0.1) is 0 Å². The van der Waals surface area contributed by atoms with Gasteiger partial charge in [0.15, 0.2) is 0 Å². The molecular formula is C16H22F3N. The summed E-state index contributed by atoms with van der Waals surface area (Å²) in [5, 5.41) is 0. The van der Waals surface area contributed by atoms with E-state index in [2.05, 4.69) is 11.8 Å². The lowest BCUT2D eigenvalue weighted by molar-refractivity contribution is -0.0894. The topological polar surface area (TPSA) is 3.24 Å². The van der Waals surface area contributed by atoms with Crippen LogP contribution in [-0.2, 0) is 0 Å². The number of allylic oxidation sites excluding steroid dienone is 4. The van der Waals surface area contributed by atoms with Crippen LogP contribution in [0.5, 0.6) is 0 Å². The van der Waals surface area contributed by atoms with Crippen LogP contribution in [0, 0.1) is 5.92 Å². The molecule has 0 aromatic rings. The van der Waals surface area contributed by atoms with Gasteiger partial charge in [-0.1, -0.05) is 32.1 Å². The highest BCUT2D eigenvalue weighted by atomic mass is 19.4. The normalized spacial score (nSPS) is 28.2. The molecule has 1 aliphatic heterocycles. The second kappa shape index (κ2) is 5.76. The van der Waals surface area contributed by atoms with Gasteiger partial charge in [0, 0.05) is 12.6 Å². The molecule has 1 fully saturated rings. The molecule has 2 unspecified atom stereocenters. The lowest BCUT2D eigenvalue weighted by Crippen LogP contribution is -2.31. The maximum absolute atomic E-state index is 13.2. The molecule has 20 heavy (non-hydrogen) atoms. The number of alkyl halides is 3. The Morgan fingerprint density at radius 3 is 2.50 bits per heavy atom. The van der Waals surface area contributed by atoms with Gasteiger partial charge in [-0.2, -0.15) is 13.2 Å². The van der Waals surface area contributed by atoms with Gasteiger partial charge in [-0.3, -0.25) is 4.90 Å². The Hall–Kier alpha value is -1.03. The summed E-state index contributed by atoms with van der Waals surface area (Å²) in [6.07, 6.45) is 2.07. The van der Waals surface area contributed by atoms with Gasteiger partial charge in [0.05, 0.1) is 5.57 Å². The first-order chi connectivity index (χ1) is 9.42. The zero-order chi connectivity index (χ0) is 14.9. The summed E-state index contributed by atoms with van der Waals surface area (Å²) in [5.74, 6) is 0.258. The third-order valence-electron chi connectivity index (χ3n) is 4.27. The van der Waals surface area contributed by atoms with Crippen molar-refractivity contribution in [3.63, 3.8) is 0 Å². The van der Waals surface area contributed by atoms with Crippen LogP contribution in [0.3, 0.4) is 0 Å². The molecule has 1 nitrogen and oxygen atoms in total. The van der Waals surface area contributed by atoms with E-state index >= 15 is 0 Å². The van der Waals surface area contributed by atoms with Crippen LogP contribution in [-0.4, -0.2) is 30.2 Å². The van der Waals surface area contributed by atoms with E-state index in [0.717, 1.165) is 25.1 Å². The van der Waals surface area contributed by atoms with Gasteiger partial charge < -0.3 is 0 Å². The highest BCUT2D eigenvalue weighted by molar-refractivity contribution is 5.52. The Morgan fingerprint density at radius 2 is 2.10 bits per heavy atom. The van der Waals surface area contributed by atoms with Gasteiger partial charge >= 0.3 is 6.18 Å². The highest BCUT2D eigenvalue weighted by Gasteiger charge is 2.43. The molecule has 4 heteroatoms. The number of halogens is 3. The quantitative estimate of drug-likeness (QED) is 0.688. The predicted octanol–water partition coefficient (Wildman–Crippen LogP) is 4.48. The van der Waals surface area contributed by atoms with Gasteiger partial charge in [-0.05, 0) is 43.4 Å². The van der Waals surface area contributed by atoms with Crippen LogP contribution in [0.1, 0.15) is 33.6 Å². The molecule has 2 rings (SSSR count). The van der Waals surface area contributed by atoms with Gasteiger partial charge in [0.1, 0.15) is 0 Å². The Kier molecular flexibility index (Phi) is 4.43. The van der Waals surface area contributed by atoms with Gasteiger partial charge in [0.2, 0.25) is 0 Å². The number of hydrogen-bond acceptors (Lipinski definition) is 1. The molecule has 0 N–H and O–H groups in total. The first-order valence-electron chi connectivity index (χ1n) is 7.32. The van der Waals surface area contributed by atoms with Crippen LogP contribution in [0.25, 0.3) is 0 Å². The second-order valence-electron chi connectivity index (χ2n) is 5.44. The van der Waals surface area contributed by atoms with Crippen LogP contribution in [0.15, 0.2) is 34.9 Å². The number of likely N-dealkylation sites (N-methyl/N-ethyl adjacent to an activating group) is 1. The van der Waals surface area contributed by atoms with Crippen molar-refractivity contribution >= 4 is 0 Å². The second-order valence-corrected chi connectivity index (χ2v) is 5.44. The van der Waals surface area contributed by atoms with E-state index in [9.17, 15) is 13.2 Å². The molecular weight excluding hydrogens is 263 g/mol. The Morgan fingerprint density at radius 1 is 1.40 bits per heavy atom. The standard InChI is InChI=1S/C16H22F3N/c1-4-7-15(16(17,18)19)13(5-2)14-9-12-8-11(14)10-20(12)6-3/h5,7,9,11-12H,4,6,8,10H2,1-3H3/b13-5-,15-7+. The summed E-state index contributed by atoms with van der Waals surface area (Å²) in [6, 6.07) is 0.325. The summed E-state index contributed by atoms with van der Waals surface area (Å²) in [6.45, 7) is 7.40. The monoisotopic (exact) mass is 285 g/mol. The van der Waals surface area contributed by atoms with E-state index in [-0.39, 0.29) is 5.92 Å². The maximum Gasteiger partial charge on any atom is 0.416 e. The molecule has 1 heterocycles. The number of fused-ring (bicyclic) bond motifs is 2. The van der Waals surface area contributed by atoms with Crippen LogP contribution in [0.4, 0.5) is 13.2 Å². The number of likely N-dealkylation sites (tertiary alicyclic amines) is 1. The van der Waals surface area contributed by atoms with Crippen molar-refractivity contribution in [2.45, 2.75) is 45.8 Å². The molecule has 0 aromatic carbocycles. The van der Waals surface area contributed by atoms with E-state index in [1.54, 1.807) is 19.9 Å². The van der Waals surface area contributed by atoms with Crippen molar-refractivity contribution in [2.75, 3.05) is 13.1 Å². The lowest BCUT2D eigenvalue weighted by Gasteiger charge is -2.27. The highest BCUT2D eigenvalue weighted by Crippen LogP contribution is 2.45. The minimum atomic E-state index is -4.27. The maximum atomic E-state index is 13.2. The largest absolute Gasteiger partial charge is 0.416 e. The smallest absolute Gasteiger partial charge is 0.297 e. The van der Waals surface area contributed by atoms with Crippen molar-refractivity contribution in [3.8, 4) is 0 Å². The summed E-state index contributed by atoms with van der Waals surface area (Å²) in [4.78, 5) is 2.33. The summed E-state index contributed by atoms with van der Waals surface area (Å²) < 4.78 is 39.7. The number of rotatable bonds is 4. The fourth-order valence-electron chi connectivity index (χ4n) is 3.41. The molecule has 0 saturated carbocycles. The van der Waals surface area contributed by atoms with Crippen LogP contribution >= 0.6 is 0 Å². The fourth-order valence-corrected chi connectivity index (χ4v) is 3.41. The summed E-state index contributed by atoms with van der Waals surface area (Å²) >= 11 is 0. The van der Waals surface area contributed by atoms with Crippen molar-refractivity contribution < 1.29 is 13.2 Å². The molecule has 0 aromatic heterocycles. The molecule has 2 atom stereocenters. The van der Waals surface area contributed by atoms with Crippen LogP contribution in [0.2, 0.25) is 0 Å². The lowest BCUT2D eigenvalue weighted by atomic mass is 9.89. The molecule has 2 aliphatic rings. The summed E-state index contributed by atoms with van der Waals surface area (Å²) in [7, 11) is 0. The molecule has 0 amide bonds. The van der Waals surface area contributed by atoms with E-state index < -0.39 is 11.7 Å². The Balaban J connectivity index is 2.32. The zero-order valence-corrected chi connectivity index (χ0v) is 12.3. The minimum Gasteiger partial charge on any atom is -0.297 e. The third-order valence-corrected chi connectivity index (χ3v) is 4.27. The average molecular weight is 285 g/mol. The fraction of sp³-hybridized carbons (Fsp3) is 0.625. The van der Waals surface area contributed by atoms with E-state index in [1.807, 2.05) is 6.08 Å². The third kappa shape index (κ3) is 2.71. The van der Waals surface area contributed by atoms with E-state index in [4.69, 9.17) is 0 Å². The Bertz CT molecular complexity index is 457. The molecule has 1 saturated heterocycles.